The van der Waals surface area contributed by atoms with E-state index in [2.05, 4.69) is 78.9 Å². The lowest BCUT2D eigenvalue weighted by Gasteiger charge is -2.12. The molecule has 0 aliphatic rings. The minimum atomic E-state index is 0.712. The number of hydrogen-bond acceptors (Lipinski definition) is 3. The Bertz CT molecular complexity index is 1420. The summed E-state index contributed by atoms with van der Waals surface area (Å²) in [7, 11) is 3.31. The highest BCUT2D eigenvalue weighted by molar-refractivity contribution is 5.91. The lowest BCUT2D eigenvalue weighted by Crippen LogP contribution is -1.94. The molecule has 4 aromatic carbocycles. The van der Waals surface area contributed by atoms with Crippen LogP contribution in [0.1, 0.15) is 5.69 Å². The van der Waals surface area contributed by atoms with Crippen LogP contribution in [0.25, 0.3) is 44.3 Å². The molecule has 3 heteroatoms. The summed E-state index contributed by atoms with van der Waals surface area (Å²) in [5.41, 5.74) is 7.77. The van der Waals surface area contributed by atoms with E-state index in [0.29, 0.717) is 11.5 Å². The Kier molecular flexibility index (Phi) is 5.54. The Morgan fingerprint density at radius 3 is 1.82 bits per heavy atom. The summed E-state index contributed by atoms with van der Waals surface area (Å²) in [6.45, 7) is 2.03. The molecule has 33 heavy (non-hydrogen) atoms. The molecular weight excluding hydrogens is 406 g/mol. The molecule has 0 saturated heterocycles. The molecule has 0 aliphatic carbocycles. The van der Waals surface area contributed by atoms with E-state index in [1.165, 1.54) is 22.3 Å². The maximum absolute atomic E-state index is 5.50. The number of benzene rings is 4. The number of pyridine rings is 1. The Balaban J connectivity index is 1.52. The second-order valence-electron chi connectivity index (χ2n) is 8.05. The van der Waals surface area contributed by atoms with Crippen molar-refractivity contribution in [1.82, 2.24) is 4.98 Å². The SMILES string of the molecule is COc1cc2cc(-c3cccc(-c4ccc(-c5ccccc5)cc4)c3)nc(C)c2cc1OC. The number of nitrogens with zero attached hydrogens (tertiary/aromatic N) is 1. The molecule has 3 nitrogen and oxygen atoms in total. The fourth-order valence-corrected chi connectivity index (χ4v) is 4.24. The van der Waals surface area contributed by atoms with Gasteiger partial charge in [-0.15, -0.1) is 0 Å². The van der Waals surface area contributed by atoms with E-state index in [1.54, 1.807) is 14.2 Å². The number of ether oxygens (including phenoxy) is 2. The van der Waals surface area contributed by atoms with Crippen molar-refractivity contribution < 1.29 is 9.47 Å². The van der Waals surface area contributed by atoms with E-state index in [1.807, 2.05) is 25.1 Å². The topological polar surface area (TPSA) is 31.4 Å². The third-order valence-corrected chi connectivity index (χ3v) is 6.01. The molecule has 5 aromatic rings. The van der Waals surface area contributed by atoms with Crippen molar-refractivity contribution in [2.75, 3.05) is 14.2 Å². The van der Waals surface area contributed by atoms with Gasteiger partial charge in [-0.1, -0.05) is 72.8 Å². The van der Waals surface area contributed by atoms with E-state index in [0.717, 1.165) is 27.7 Å². The second kappa shape index (κ2) is 8.79. The van der Waals surface area contributed by atoms with Crippen LogP contribution in [0, 0.1) is 6.92 Å². The highest BCUT2D eigenvalue weighted by Gasteiger charge is 2.11. The summed E-state index contributed by atoms with van der Waals surface area (Å²) in [5.74, 6) is 1.43. The van der Waals surface area contributed by atoms with E-state index in [-0.39, 0.29) is 0 Å². The predicted octanol–water partition coefficient (Wildman–Crippen LogP) is 7.56. The molecule has 0 amide bonds. The molecule has 0 saturated carbocycles. The summed E-state index contributed by atoms with van der Waals surface area (Å²) >= 11 is 0. The summed E-state index contributed by atoms with van der Waals surface area (Å²) in [4.78, 5) is 4.89. The normalized spacial score (nSPS) is 10.9. The van der Waals surface area contributed by atoms with Crippen molar-refractivity contribution in [2.45, 2.75) is 6.92 Å². The van der Waals surface area contributed by atoms with Gasteiger partial charge in [-0.05, 0) is 58.8 Å². The van der Waals surface area contributed by atoms with Gasteiger partial charge in [-0.25, -0.2) is 0 Å². The van der Waals surface area contributed by atoms with Gasteiger partial charge >= 0.3 is 0 Å². The maximum atomic E-state index is 5.50. The van der Waals surface area contributed by atoms with E-state index < -0.39 is 0 Å². The van der Waals surface area contributed by atoms with Crippen molar-refractivity contribution in [3.63, 3.8) is 0 Å². The first-order valence-electron chi connectivity index (χ1n) is 11.0. The van der Waals surface area contributed by atoms with Crippen LogP contribution in [0.5, 0.6) is 11.5 Å². The molecule has 0 N–H and O–H groups in total. The van der Waals surface area contributed by atoms with Crippen LogP contribution >= 0.6 is 0 Å². The lowest BCUT2D eigenvalue weighted by atomic mass is 9.98. The van der Waals surface area contributed by atoms with Crippen molar-refractivity contribution in [3.8, 4) is 45.0 Å². The zero-order chi connectivity index (χ0) is 22.8. The molecule has 162 valence electrons. The molecule has 0 fully saturated rings. The average molecular weight is 432 g/mol. The van der Waals surface area contributed by atoms with Crippen LogP contribution in [0.3, 0.4) is 0 Å². The van der Waals surface area contributed by atoms with E-state index in [9.17, 15) is 0 Å². The van der Waals surface area contributed by atoms with Crippen LogP contribution in [-0.4, -0.2) is 19.2 Å². The molecule has 1 heterocycles. The number of aryl methyl sites for hydroxylation is 1. The molecule has 0 spiro atoms. The van der Waals surface area contributed by atoms with Gasteiger partial charge in [-0.3, -0.25) is 4.98 Å². The van der Waals surface area contributed by atoms with Gasteiger partial charge in [0.05, 0.1) is 19.9 Å². The first-order valence-corrected chi connectivity index (χ1v) is 11.0. The van der Waals surface area contributed by atoms with E-state index >= 15 is 0 Å². The van der Waals surface area contributed by atoms with Crippen molar-refractivity contribution >= 4 is 10.8 Å². The molecule has 5 rings (SSSR count). The molecule has 0 aliphatic heterocycles. The fourth-order valence-electron chi connectivity index (χ4n) is 4.24. The number of fused-ring (bicyclic) bond motifs is 1. The van der Waals surface area contributed by atoms with Crippen molar-refractivity contribution in [1.29, 1.82) is 0 Å². The maximum Gasteiger partial charge on any atom is 0.161 e. The van der Waals surface area contributed by atoms with Gasteiger partial charge in [0.1, 0.15) is 0 Å². The Morgan fingerprint density at radius 2 is 1.12 bits per heavy atom. The number of hydrogen-bond donors (Lipinski definition) is 0. The summed E-state index contributed by atoms with van der Waals surface area (Å²) in [6.07, 6.45) is 0. The highest BCUT2D eigenvalue weighted by atomic mass is 16.5. The number of rotatable bonds is 5. The Hall–Kier alpha value is -4.11. The Morgan fingerprint density at radius 1 is 0.545 bits per heavy atom. The third-order valence-electron chi connectivity index (χ3n) is 6.01. The standard InChI is InChI=1S/C30H25NO2/c1-20-27-19-30(33-3)29(32-2)18-26(27)17-28(31-20)25-11-7-10-24(16-25)23-14-12-22(13-15-23)21-8-5-4-6-9-21/h4-19H,1-3H3. The van der Waals surface area contributed by atoms with Crippen LogP contribution in [0.4, 0.5) is 0 Å². The third kappa shape index (κ3) is 4.06. The van der Waals surface area contributed by atoms with E-state index in [4.69, 9.17) is 14.5 Å². The number of aromatic nitrogens is 1. The van der Waals surface area contributed by atoms with Gasteiger partial charge in [0.25, 0.3) is 0 Å². The van der Waals surface area contributed by atoms with Crippen LogP contribution in [0.15, 0.2) is 97.1 Å². The van der Waals surface area contributed by atoms with Gasteiger partial charge in [0.2, 0.25) is 0 Å². The zero-order valence-electron chi connectivity index (χ0n) is 19.0. The zero-order valence-corrected chi connectivity index (χ0v) is 19.0. The molecule has 0 bridgehead atoms. The molecular formula is C30H25NO2. The summed E-state index contributed by atoms with van der Waals surface area (Å²) < 4.78 is 11.0. The monoisotopic (exact) mass is 431 g/mol. The van der Waals surface area contributed by atoms with Crippen LogP contribution in [0.2, 0.25) is 0 Å². The second-order valence-corrected chi connectivity index (χ2v) is 8.05. The van der Waals surface area contributed by atoms with Crippen molar-refractivity contribution in [3.05, 3.63) is 103 Å². The van der Waals surface area contributed by atoms with Crippen molar-refractivity contribution in [2.24, 2.45) is 0 Å². The fraction of sp³-hybridized carbons (Fsp3) is 0.100. The summed E-state index contributed by atoms with van der Waals surface area (Å²) in [5, 5.41) is 2.14. The van der Waals surface area contributed by atoms with Gasteiger partial charge < -0.3 is 9.47 Å². The van der Waals surface area contributed by atoms with Gasteiger partial charge in [-0.2, -0.15) is 0 Å². The highest BCUT2D eigenvalue weighted by Crippen LogP contribution is 2.35. The van der Waals surface area contributed by atoms with Gasteiger partial charge in [0.15, 0.2) is 11.5 Å². The van der Waals surface area contributed by atoms with Crippen LogP contribution in [-0.2, 0) is 0 Å². The average Bonchev–Trinajstić information content (AvgIpc) is 2.88. The van der Waals surface area contributed by atoms with Crippen LogP contribution < -0.4 is 9.47 Å². The lowest BCUT2D eigenvalue weighted by molar-refractivity contribution is 0.356. The number of methoxy groups -OCH3 is 2. The predicted molar refractivity (Wildman–Crippen MR) is 136 cm³/mol. The summed E-state index contributed by atoms with van der Waals surface area (Å²) in [6, 6.07) is 33.8. The van der Waals surface area contributed by atoms with Gasteiger partial charge in [0, 0.05) is 16.6 Å². The first-order chi connectivity index (χ1) is 16.2. The molecule has 0 atom stereocenters. The molecule has 1 aromatic heterocycles. The smallest absolute Gasteiger partial charge is 0.161 e. The minimum Gasteiger partial charge on any atom is -0.493 e. The Labute approximate surface area is 194 Å². The minimum absolute atomic E-state index is 0.712. The quantitative estimate of drug-likeness (QED) is 0.288. The largest absolute Gasteiger partial charge is 0.493 e. The first kappa shape index (κ1) is 20.8. The molecule has 0 unspecified atom stereocenters. The molecule has 0 radical (unpaired) electrons.